The van der Waals surface area contributed by atoms with Crippen LogP contribution in [0, 0.1) is 0 Å². The molecule has 0 saturated carbocycles. The number of aryl methyl sites for hydroxylation is 1. The Labute approximate surface area is 160 Å². The number of nitrogens with two attached hydrogens (primary N) is 1. The zero-order chi connectivity index (χ0) is 18.7. The van der Waals surface area contributed by atoms with Crippen molar-refractivity contribution in [3.8, 4) is 28.1 Å². The number of aromatic hydroxyl groups is 1. The van der Waals surface area contributed by atoms with E-state index in [-0.39, 0.29) is 5.75 Å². The van der Waals surface area contributed by atoms with Crippen molar-refractivity contribution in [3.05, 3.63) is 59.1 Å². The van der Waals surface area contributed by atoms with Crippen LogP contribution in [0.2, 0.25) is 5.02 Å². The SMILES string of the molecule is CCCCCc1cc(Cl)cc(-c2c(O)c(-c3ccccc3)n(C)c2N)c1. The lowest BCUT2D eigenvalue weighted by Gasteiger charge is -2.08. The van der Waals surface area contributed by atoms with Gasteiger partial charge in [0.25, 0.3) is 0 Å². The number of unbranched alkanes of at least 4 members (excludes halogenated alkanes) is 2. The number of hydrogen-bond acceptors (Lipinski definition) is 2. The van der Waals surface area contributed by atoms with Crippen LogP contribution in [0.4, 0.5) is 5.82 Å². The molecule has 0 unspecified atom stereocenters. The third-order valence-electron chi connectivity index (χ3n) is 4.78. The maximum absolute atomic E-state index is 10.9. The molecule has 0 spiro atoms. The average molecular weight is 369 g/mol. The first-order chi connectivity index (χ1) is 12.5. The summed E-state index contributed by atoms with van der Waals surface area (Å²) in [5.74, 6) is 0.723. The van der Waals surface area contributed by atoms with E-state index in [1.54, 1.807) is 0 Å². The van der Waals surface area contributed by atoms with Crippen LogP contribution in [0.25, 0.3) is 22.4 Å². The van der Waals surface area contributed by atoms with E-state index in [0.29, 0.717) is 22.1 Å². The highest BCUT2D eigenvalue weighted by Crippen LogP contribution is 2.45. The lowest BCUT2D eigenvalue weighted by atomic mass is 10.00. The minimum atomic E-state index is 0.193. The van der Waals surface area contributed by atoms with Crippen molar-refractivity contribution in [2.45, 2.75) is 32.6 Å². The Kier molecular flexibility index (Phi) is 5.58. The molecule has 26 heavy (non-hydrogen) atoms. The van der Waals surface area contributed by atoms with Crippen molar-refractivity contribution in [1.82, 2.24) is 4.57 Å². The fourth-order valence-corrected chi connectivity index (χ4v) is 3.67. The van der Waals surface area contributed by atoms with Gasteiger partial charge in [-0.3, -0.25) is 0 Å². The van der Waals surface area contributed by atoms with Crippen molar-refractivity contribution in [1.29, 1.82) is 0 Å². The second-order valence-electron chi connectivity index (χ2n) is 6.69. The molecule has 136 valence electrons. The van der Waals surface area contributed by atoms with Crippen LogP contribution >= 0.6 is 11.6 Å². The van der Waals surface area contributed by atoms with Gasteiger partial charge in [-0.1, -0.05) is 67.8 Å². The maximum Gasteiger partial charge on any atom is 0.151 e. The summed E-state index contributed by atoms with van der Waals surface area (Å²) in [6.45, 7) is 2.19. The lowest BCUT2D eigenvalue weighted by molar-refractivity contribution is 0.479. The van der Waals surface area contributed by atoms with Gasteiger partial charge in [0, 0.05) is 17.6 Å². The van der Waals surface area contributed by atoms with Gasteiger partial charge in [-0.25, -0.2) is 0 Å². The second-order valence-corrected chi connectivity index (χ2v) is 7.12. The zero-order valence-electron chi connectivity index (χ0n) is 15.3. The Morgan fingerprint density at radius 1 is 1.04 bits per heavy atom. The molecule has 0 radical (unpaired) electrons. The van der Waals surface area contributed by atoms with Crippen LogP contribution in [0.3, 0.4) is 0 Å². The molecule has 3 nitrogen and oxygen atoms in total. The monoisotopic (exact) mass is 368 g/mol. The summed E-state index contributed by atoms with van der Waals surface area (Å²) in [5.41, 5.74) is 10.7. The van der Waals surface area contributed by atoms with Gasteiger partial charge in [0.05, 0.1) is 11.3 Å². The molecule has 0 atom stereocenters. The van der Waals surface area contributed by atoms with Crippen molar-refractivity contribution >= 4 is 17.4 Å². The summed E-state index contributed by atoms with van der Waals surface area (Å²) < 4.78 is 1.83. The van der Waals surface area contributed by atoms with Gasteiger partial charge in [0.2, 0.25) is 0 Å². The van der Waals surface area contributed by atoms with Gasteiger partial charge in [0.15, 0.2) is 5.75 Å². The third kappa shape index (κ3) is 3.58. The zero-order valence-corrected chi connectivity index (χ0v) is 16.1. The highest BCUT2D eigenvalue weighted by Gasteiger charge is 2.21. The van der Waals surface area contributed by atoms with E-state index in [9.17, 15) is 5.11 Å². The first kappa shape index (κ1) is 18.4. The number of nitrogen functional groups attached to an aromatic ring is 1. The standard InChI is InChI=1S/C22H25ClN2O/c1-3-4-6-9-15-12-17(14-18(23)13-15)19-21(26)20(25(2)22(19)24)16-10-7-5-8-11-16/h5,7-8,10-14,26H,3-4,6,9,24H2,1-2H3. The number of halogens is 1. The van der Waals surface area contributed by atoms with Crippen LogP contribution in [-0.4, -0.2) is 9.67 Å². The summed E-state index contributed by atoms with van der Waals surface area (Å²) in [7, 11) is 1.87. The molecule has 0 bridgehead atoms. The van der Waals surface area contributed by atoms with Crippen LogP contribution < -0.4 is 5.73 Å². The Bertz CT molecular complexity index is 900. The predicted octanol–water partition coefficient (Wildman–Crippen LogP) is 6.03. The molecular weight excluding hydrogens is 344 g/mol. The van der Waals surface area contributed by atoms with Crippen LogP contribution in [0.1, 0.15) is 31.7 Å². The Morgan fingerprint density at radius 2 is 1.77 bits per heavy atom. The van der Waals surface area contributed by atoms with E-state index >= 15 is 0 Å². The molecule has 0 amide bonds. The van der Waals surface area contributed by atoms with E-state index in [2.05, 4.69) is 13.0 Å². The van der Waals surface area contributed by atoms with Crippen molar-refractivity contribution < 1.29 is 5.11 Å². The number of benzene rings is 2. The largest absolute Gasteiger partial charge is 0.505 e. The molecule has 1 aromatic heterocycles. The van der Waals surface area contributed by atoms with E-state index in [4.69, 9.17) is 17.3 Å². The van der Waals surface area contributed by atoms with E-state index in [0.717, 1.165) is 24.0 Å². The maximum atomic E-state index is 10.9. The summed E-state index contributed by atoms with van der Waals surface area (Å²) in [6, 6.07) is 15.7. The van der Waals surface area contributed by atoms with Gasteiger partial charge < -0.3 is 15.4 Å². The van der Waals surface area contributed by atoms with Gasteiger partial charge in [-0.2, -0.15) is 0 Å². The minimum Gasteiger partial charge on any atom is -0.505 e. The fourth-order valence-electron chi connectivity index (χ4n) is 3.42. The second kappa shape index (κ2) is 7.88. The molecule has 0 saturated heterocycles. The molecule has 3 N–H and O–H groups in total. The molecule has 2 aromatic carbocycles. The molecule has 3 aromatic rings. The number of hydrogen-bond donors (Lipinski definition) is 2. The Balaban J connectivity index is 2.08. The third-order valence-corrected chi connectivity index (χ3v) is 4.99. The number of anilines is 1. The Morgan fingerprint density at radius 3 is 2.46 bits per heavy atom. The molecule has 3 rings (SSSR count). The van der Waals surface area contributed by atoms with Gasteiger partial charge in [-0.15, -0.1) is 0 Å². The molecule has 0 aliphatic carbocycles. The first-order valence-electron chi connectivity index (χ1n) is 9.05. The molecule has 0 aliphatic heterocycles. The van der Waals surface area contributed by atoms with E-state index < -0.39 is 0 Å². The van der Waals surface area contributed by atoms with Crippen LogP contribution in [-0.2, 0) is 13.5 Å². The topological polar surface area (TPSA) is 51.2 Å². The van der Waals surface area contributed by atoms with Crippen molar-refractivity contribution in [2.24, 2.45) is 7.05 Å². The van der Waals surface area contributed by atoms with Crippen molar-refractivity contribution in [3.63, 3.8) is 0 Å². The number of rotatable bonds is 6. The summed E-state index contributed by atoms with van der Waals surface area (Å²) in [4.78, 5) is 0. The fraction of sp³-hybridized carbons (Fsp3) is 0.273. The first-order valence-corrected chi connectivity index (χ1v) is 9.43. The number of aromatic nitrogens is 1. The van der Waals surface area contributed by atoms with Crippen molar-refractivity contribution in [2.75, 3.05) is 5.73 Å². The molecular formula is C22H25ClN2O. The quantitative estimate of drug-likeness (QED) is 0.521. The smallest absolute Gasteiger partial charge is 0.151 e. The molecule has 0 fully saturated rings. The summed E-state index contributed by atoms with van der Waals surface area (Å²) in [6.07, 6.45) is 4.47. The van der Waals surface area contributed by atoms with Gasteiger partial charge in [-0.05, 0) is 36.1 Å². The van der Waals surface area contributed by atoms with Gasteiger partial charge >= 0.3 is 0 Å². The van der Waals surface area contributed by atoms with E-state index in [1.165, 1.54) is 18.4 Å². The lowest BCUT2D eigenvalue weighted by Crippen LogP contribution is -1.98. The Hall–Kier alpha value is -2.39. The highest BCUT2D eigenvalue weighted by molar-refractivity contribution is 6.31. The van der Waals surface area contributed by atoms with Crippen LogP contribution in [0.5, 0.6) is 5.75 Å². The molecule has 1 heterocycles. The van der Waals surface area contributed by atoms with Gasteiger partial charge in [0.1, 0.15) is 5.82 Å². The summed E-state index contributed by atoms with van der Waals surface area (Å²) in [5, 5.41) is 11.6. The van der Waals surface area contributed by atoms with Crippen LogP contribution in [0.15, 0.2) is 48.5 Å². The highest BCUT2D eigenvalue weighted by atomic mass is 35.5. The molecule has 0 aliphatic rings. The summed E-state index contributed by atoms with van der Waals surface area (Å²) >= 11 is 6.35. The average Bonchev–Trinajstić information content (AvgIpc) is 2.84. The number of nitrogens with zero attached hydrogens (tertiary/aromatic N) is 1. The minimum absolute atomic E-state index is 0.193. The predicted molar refractivity (Wildman–Crippen MR) is 111 cm³/mol. The normalized spacial score (nSPS) is 11.0. The van der Waals surface area contributed by atoms with E-state index in [1.807, 2.05) is 54.1 Å². The molecule has 4 heteroatoms.